The van der Waals surface area contributed by atoms with E-state index in [1.165, 1.54) is 38.5 Å². The first kappa shape index (κ1) is 14.8. The standard InChI is InChI=1S/C16H30N2O/c1-3-5-7-13-10-15(17-14-8-9-14)12-18(11-13)16(19)6-4-2/h13-15,17H,3-12H2,1-2H3. The van der Waals surface area contributed by atoms with Crippen LogP contribution in [0.25, 0.3) is 0 Å². The van der Waals surface area contributed by atoms with E-state index >= 15 is 0 Å². The summed E-state index contributed by atoms with van der Waals surface area (Å²) in [4.78, 5) is 14.3. The summed E-state index contributed by atoms with van der Waals surface area (Å²) in [6.45, 7) is 6.29. The molecule has 1 heterocycles. The molecule has 1 saturated heterocycles. The zero-order valence-corrected chi connectivity index (χ0v) is 12.7. The Labute approximate surface area is 118 Å². The third-order valence-corrected chi connectivity index (χ3v) is 4.37. The molecule has 1 amide bonds. The van der Waals surface area contributed by atoms with E-state index in [0.29, 0.717) is 17.9 Å². The lowest BCUT2D eigenvalue weighted by Gasteiger charge is -2.38. The summed E-state index contributed by atoms with van der Waals surface area (Å²) in [7, 11) is 0. The molecular weight excluding hydrogens is 236 g/mol. The number of piperidine rings is 1. The molecule has 2 fully saturated rings. The van der Waals surface area contributed by atoms with E-state index in [2.05, 4.69) is 24.1 Å². The highest BCUT2D eigenvalue weighted by Crippen LogP contribution is 2.26. The first-order chi connectivity index (χ1) is 9.22. The van der Waals surface area contributed by atoms with Crippen LogP contribution in [0, 0.1) is 5.92 Å². The highest BCUT2D eigenvalue weighted by Gasteiger charge is 2.32. The van der Waals surface area contributed by atoms with Crippen molar-refractivity contribution in [2.45, 2.75) is 77.3 Å². The van der Waals surface area contributed by atoms with E-state index in [9.17, 15) is 4.79 Å². The molecule has 110 valence electrons. The normalized spacial score (nSPS) is 27.6. The fourth-order valence-electron chi connectivity index (χ4n) is 3.19. The van der Waals surface area contributed by atoms with Crippen molar-refractivity contribution >= 4 is 5.91 Å². The van der Waals surface area contributed by atoms with Crippen LogP contribution in [-0.2, 0) is 4.79 Å². The van der Waals surface area contributed by atoms with Crippen LogP contribution in [0.3, 0.4) is 0 Å². The summed E-state index contributed by atoms with van der Waals surface area (Å²) in [6.07, 6.45) is 9.47. The van der Waals surface area contributed by atoms with Gasteiger partial charge in [0.2, 0.25) is 5.91 Å². The van der Waals surface area contributed by atoms with Crippen LogP contribution in [0.15, 0.2) is 0 Å². The van der Waals surface area contributed by atoms with Gasteiger partial charge in [-0.15, -0.1) is 0 Å². The predicted octanol–water partition coefficient (Wildman–Crippen LogP) is 2.95. The van der Waals surface area contributed by atoms with Gasteiger partial charge < -0.3 is 10.2 Å². The number of carbonyl (C=O) groups excluding carboxylic acids is 1. The van der Waals surface area contributed by atoms with E-state index in [4.69, 9.17) is 0 Å². The van der Waals surface area contributed by atoms with Crippen molar-refractivity contribution in [2.75, 3.05) is 13.1 Å². The van der Waals surface area contributed by atoms with Crippen molar-refractivity contribution in [3.63, 3.8) is 0 Å². The molecule has 1 aliphatic heterocycles. The van der Waals surface area contributed by atoms with Crippen molar-refractivity contribution in [1.29, 1.82) is 0 Å². The molecule has 1 aliphatic carbocycles. The molecule has 2 unspecified atom stereocenters. The van der Waals surface area contributed by atoms with Gasteiger partial charge in [0.15, 0.2) is 0 Å². The second-order valence-corrected chi connectivity index (χ2v) is 6.43. The van der Waals surface area contributed by atoms with Crippen molar-refractivity contribution in [1.82, 2.24) is 10.2 Å². The Morgan fingerprint density at radius 1 is 1.16 bits per heavy atom. The van der Waals surface area contributed by atoms with Crippen LogP contribution < -0.4 is 5.32 Å². The molecule has 19 heavy (non-hydrogen) atoms. The van der Waals surface area contributed by atoms with Crippen molar-refractivity contribution in [3.05, 3.63) is 0 Å². The quantitative estimate of drug-likeness (QED) is 0.768. The summed E-state index contributed by atoms with van der Waals surface area (Å²) >= 11 is 0. The molecule has 2 atom stereocenters. The van der Waals surface area contributed by atoms with Gasteiger partial charge in [0.25, 0.3) is 0 Å². The molecule has 0 spiro atoms. The van der Waals surface area contributed by atoms with Gasteiger partial charge in [-0.3, -0.25) is 4.79 Å². The highest BCUT2D eigenvalue weighted by molar-refractivity contribution is 5.76. The summed E-state index contributed by atoms with van der Waals surface area (Å²) in [5.41, 5.74) is 0. The minimum absolute atomic E-state index is 0.367. The zero-order chi connectivity index (χ0) is 13.7. The molecule has 1 N–H and O–H groups in total. The average Bonchev–Trinajstić information content (AvgIpc) is 3.20. The summed E-state index contributed by atoms with van der Waals surface area (Å²) in [5, 5.41) is 3.73. The first-order valence-electron chi connectivity index (χ1n) is 8.26. The minimum Gasteiger partial charge on any atom is -0.341 e. The lowest BCUT2D eigenvalue weighted by Crippen LogP contribution is -2.51. The van der Waals surface area contributed by atoms with Crippen LogP contribution in [-0.4, -0.2) is 36.0 Å². The fraction of sp³-hybridized carbons (Fsp3) is 0.938. The second kappa shape index (κ2) is 7.28. The van der Waals surface area contributed by atoms with Crippen LogP contribution >= 0.6 is 0 Å². The minimum atomic E-state index is 0.367. The van der Waals surface area contributed by atoms with E-state index in [1.807, 2.05) is 0 Å². The van der Waals surface area contributed by atoms with Gasteiger partial charge >= 0.3 is 0 Å². The Bertz CT molecular complexity index is 288. The summed E-state index contributed by atoms with van der Waals surface area (Å²) in [5.74, 6) is 1.08. The molecule has 0 aromatic heterocycles. The predicted molar refractivity (Wildman–Crippen MR) is 79.1 cm³/mol. The summed E-state index contributed by atoms with van der Waals surface area (Å²) in [6, 6.07) is 1.29. The lowest BCUT2D eigenvalue weighted by molar-refractivity contribution is -0.133. The van der Waals surface area contributed by atoms with E-state index < -0.39 is 0 Å². The molecule has 1 saturated carbocycles. The molecule has 3 heteroatoms. The van der Waals surface area contributed by atoms with Gasteiger partial charge in [-0.25, -0.2) is 0 Å². The number of carbonyl (C=O) groups is 1. The van der Waals surface area contributed by atoms with E-state index in [0.717, 1.165) is 32.0 Å². The fourth-order valence-corrected chi connectivity index (χ4v) is 3.19. The maximum atomic E-state index is 12.2. The van der Waals surface area contributed by atoms with Gasteiger partial charge in [-0.2, -0.15) is 0 Å². The molecule has 2 rings (SSSR count). The number of nitrogens with one attached hydrogen (secondary N) is 1. The molecule has 2 aliphatic rings. The Kier molecular flexibility index (Phi) is 5.68. The van der Waals surface area contributed by atoms with Crippen LogP contribution in [0.4, 0.5) is 0 Å². The number of amides is 1. The average molecular weight is 266 g/mol. The Balaban J connectivity index is 1.87. The van der Waals surface area contributed by atoms with Crippen molar-refractivity contribution < 1.29 is 4.79 Å². The van der Waals surface area contributed by atoms with Gasteiger partial charge in [0.1, 0.15) is 0 Å². The summed E-state index contributed by atoms with van der Waals surface area (Å²) < 4.78 is 0. The van der Waals surface area contributed by atoms with Crippen LogP contribution in [0.5, 0.6) is 0 Å². The third kappa shape index (κ3) is 4.79. The molecule has 0 bridgehead atoms. The van der Waals surface area contributed by atoms with Gasteiger partial charge in [0, 0.05) is 31.6 Å². The lowest BCUT2D eigenvalue weighted by atomic mass is 9.89. The Hall–Kier alpha value is -0.570. The molecule has 0 aromatic rings. The van der Waals surface area contributed by atoms with Gasteiger partial charge in [-0.1, -0.05) is 26.7 Å². The molecule has 0 aromatic carbocycles. The number of hydrogen-bond donors (Lipinski definition) is 1. The van der Waals surface area contributed by atoms with Crippen molar-refractivity contribution in [3.8, 4) is 0 Å². The van der Waals surface area contributed by atoms with E-state index in [1.54, 1.807) is 0 Å². The van der Waals surface area contributed by atoms with E-state index in [-0.39, 0.29) is 0 Å². The third-order valence-electron chi connectivity index (χ3n) is 4.37. The van der Waals surface area contributed by atoms with Crippen molar-refractivity contribution in [2.24, 2.45) is 5.92 Å². The maximum absolute atomic E-state index is 12.2. The highest BCUT2D eigenvalue weighted by atomic mass is 16.2. The topological polar surface area (TPSA) is 32.3 Å². The maximum Gasteiger partial charge on any atom is 0.222 e. The number of unbranched alkanes of at least 4 members (excludes halogenated alkanes) is 1. The number of hydrogen-bond acceptors (Lipinski definition) is 2. The Morgan fingerprint density at radius 2 is 1.95 bits per heavy atom. The smallest absolute Gasteiger partial charge is 0.222 e. The largest absolute Gasteiger partial charge is 0.341 e. The Morgan fingerprint density at radius 3 is 2.58 bits per heavy atom. The van der Waals surface area contributed by atoms with Crippen LogP contribution in [0.1, 0.15) is 65.2 Å². The zero-order valence-electron chi connectivity index (χ0n) is 12.7. The van der Waals surface area contributed by atoms with Gasteiger partial charge in [-0.05, 0) is 38.0 Å². The monoisotopic (exact) mass is 266 g/mol. The number of nitrogens with zero attached hydrogens (tertiary/aromatic N) is 1. The second-order valence-electron chi connectivity index (χ2n) is 6.43. The van der Waals surface area contributed by atoms with Crippen LogP contribution in [0.2, 0.25) is 0 Å². The molecular formula is C16H30N2O. The molecule has 3 nitrogen and oxygen atoms in total. The first-order valence-corrected chi connectivity index (χ1v) is 8.26. The molecule has 0 radical (unpaired) electrons. The number of likely N-dealkylation sites (tertiary alicyclic amines) is 1. The van der Waals surface area contributed by atoms with Gasteiger partial charge in [0.05, 0.1) is 0 Å². The number of rotatable bonds is 7. The SMILES string of the molecule is CCCCC1CC(NC2CC2)CN(C(=O)CCC)C1.